The average Bonchev–Trinajstić information content (AvgIpc) is 2.75. The number of fused-ring (bicyclic) bond motifs is 1. The number of hydrogen-bond acceptors (Lipinski definition) is 4. The van der Waals surface area contributed by atoms with Gasteiger partial charge < -0.3 is 19.3 Å². The van der Waals surface area contributed by atoms with Crippen LogP contribution in [0.2, 0.25) is 0 Å². The molecule has 152 valence electrons. The summed E-state index contributed by atoms with van der Waals surface area (Å²) in [6.07, 6.45) is 0.551. The summed E-state index contributed by atoms with van der Waals surface area (Å²) in [6.45, 7) is 1.33. The molecule has 6 nitrogen and oxygen atoms in total. The van der Waals surface area contributed by atoms with E-state index < -0.39 is 0 Å². The van der Waals surface area contributed by atoms with E-state index >= 15 is 0 Å². The van der Waals surface area contributed by atoms with Gasteiger partial charge in [0.2, 0.25) is 11.8 Å². The molecule has 0 radical (unpaired) electrons. The molecular formula is C22H23FN2O4. The summed E-state index contributed by atoms with van der Waals surface area (Å²) in [5.41, 5.74) is 1.41. The highest BCUT2D eigenvalue weighted by Gasteiger charge is 2.34. The number of nitrogens with zero attached hydrogens (tertiary/aromatic N) is 2. The van der Waals surface area contributed by atoms with Crippen LogP contribution in [-0.2, 0) is 22.6 Å². The van der Waals surface area contributed by atoms with E-state index in [2.05, 4.69) is 0 Å². The van der Waals surface area contributed by atoms with E-state index in [9.17, 15) is 14.0 Å². The molecule has 29 heavy (non-hydrogen) atoms. The second-order valence-electron chi connectivity index (χ2n) is 7.35. The minimum atomic E-state index is -0.333. The van der Waals surface area contributed by atoms with E-state index in [1.807, 2.05) is 18.2 Å². The van der Waals surface area contributed by atoms with Crippen LogP contribution in [0.4, 0.5) is 4.39 Å². The highest BCUT2D eigenvalue weighted by Crippen LogP contribution is 2.31. The third kappa shape index (κ3) is 4.04. The molecular weight excluding hydrogens is 375 g/mol. The van der Waals surface area contributed by atoms with Crippen molar-refractivity contribution in [3.63, 3.8) is 0 Å². The van der Waals surface area contributed by atoms with Gasteiger partial charge in [-0.25, -0.2) is 4.39 Å². The van der Waals surface area contributed by atoms with Crippen molar-refractivity contribution < 1.29 is 23.5 Å². The van der Waals surface area contributed by atoms with Crippen LogP contribution in [0.1, 0.15) is 11.1 Å². The number of methoxy groups -OCH3 is 1. The number of benzene rings is 2. The first-order valence-electron chi connectivity index (χ1n) is 9.65. The molecule has 1 saturated heterocycles. The topological polar surface area (TPSA) is 59.1 Å². The fourth-order valence-corrected chi connectivity index (χ4v) is 3.81. The first-order valence-corrected chi connectivity index (χ1v) is 9.65. The van der Waals surface area contributed by atoms with Crippen molar-refractivity contribution in [1.82, 2.24) is 9.80 Å². The smallest absolute Gasteiger partial charge is 0.242 e. The van der Waals surface area contributed by atoms with E-state index in [1.165, 1.54) is 6.07 Å². The van der Waals surface area contributed by atoms with Crippen LogP contribution in [0.15, 0.2) is 42.5 Å². The molecule has 2 amide bonds. The molecule has 2 heterocycles. The Kier molecular flexibility index (Phi) is 5.38. The molecule has 0 N–H and O–H groups in total. The fraction of sp³-hybridized carbons (Fsp3) is 0.364. The van der Waals surface area contributed by atoms with Crippen molar-refractivity contribution in [3.05, 3.63) is 59.4 Å². The summed E-state index contributed by atoms with van der Waals surface area (Å²) in [4.78, 5) is 28.7. The predicted octanol–water partition coefficient (Wildman–Crippen LogP) is 2.26. The highest BCUT2D eigenvalue weighted by atomic mass is 19.1. The summed E-state index contributed by atoms with van der Waals surface area (Å²) in [5, 5.41) is 0. The molecule has 2 aliphatic heterocycles. The number of piperazine rings is 1. The van der Waals surface area contributed by atoms with E-state index in [0.29, 0.717) is 31.7 Å². The molecule has 0 aromatic heterocycles. The van der Waals surface area contributed by atoms with Gasteiger partial charge in [0.15, 0.2) is 0 Å². The Morgan fingerprint density at radius 1 is 1.24 bits per heavy atom. The van der Waals surface area contributed by atoms with Crippen LogP contribution in [-0.4, -0.2) is 55.0 Å². The molecule has 7 heteroatoms. The Hall–Kier alpha value is -3.09. The van der Waals surface area contributed by atoms with Crippen molar-refractivity contribution in [2.24, 2.45) is 5.92 Å². The molecule has 2 aliphatic rings. The lowest BCUT2D eigenvalue weighted by Crippen LogP contribution is -2.54. The summed E-state index contributed by atoms with van der Waals surface area (Å²) in [6, 6.07) is 12.0. The molecule has 1 atom stereocenters. The summed E-state index contributed by atoms with van der Waals surface area (Å²) < 4.78 is 24.9. The largest absolute Gasteiger partial charge is 0.497 e. The third-order valence-corrected chi connectivity index (χ3v) is 5.47. The summed E-state index contributed by atoms with van der Waals surface area (Å²) in [7, 11) is 1.60. The highest BCUT2D eigenvalue weighted by molar-refractivity contribution is 5.87. The fourth-order valence-electron chi connectivity index (χ4n) is 3.81. The van der Waals surface area contributed by atoms with Gasteiger partial charge in [0, 0.05) is 25.2 Å². The summed E-state index contributed by atoms with van der Waals surface area (Å²) in [5.74, 6) is 0.565. The van der Waals surface area contributed by atoms with Crippen LogP contribution in [0.3, 0.4) is 0 Å². The van der Waals surface area contributed by atoms with Crippen molar-refractivity contribution >= 4 is 11.8 Å². The lowest BCUT2D eigenvalue weighted by Gasteiger charge is -2.37. The third-order valence-electron chi connectivity index (χ3n) is 5.47. The Balaban J connectivity index is 1.38. The SMILES string of the molecule is COc1ccc2c(c1)C[C@H](C(=O)N1CCN(Cc3ccccc3F)C(=O)C1)CO2. The summed E-state index contributed by atoms with van der Waals surface area (Å²) >= 11 is 0. The van der Waals surface area contributed by atoms with E-state index in [-0.39, 0.29) is 36.6 Å². The van der Waals surface area contributed by atoms with Crippen LogP contribution in [0, 0.1) is 11.7 Å². The minimum Gasteiger partial charge on any atom is -0.497 e. The Bertz CT molecular complexity index is 933. The lowest BCUT2D eigenvalue weighted by atomic mass is 9.95. The normalized spacial score (nSPS) is 18.8. The van der Waals surface area contributed by atoms with Gasteiger partial charge in [-0.2, -0.15) is 0 Å². The van der Waals surface area contributed by atoms with E-state index in [0.717, 1.165) is 17.1 Å². The predicted molar refractivity (Wildman–Crippen MR) is 104 cm³/mol. The molecule has 1 fully saturated rings. The van der Waals surface area contributed by atoms with Gasteiger partial charge in [-0.1, -0.05) is 18.2 Å². The van der Waals surface area contributed by atoms with Crippen LogP contribution in [0.5, 0.6) is 11.5 Å². The lowest BCUT2D eigenvalue weighted by molar-refractivity contribution is -0.148. The van der Waals surface area contributed by atoms with Gasteiger partial charge in [-0.05, 0) is 36.2 Å². The number of rotatable bonds is 4. The van der Waals surface area contributed by atoms with Gasteiger partial charge in [-0.3, -0.25) is 9.59 Å². The van der Waals surface area contributed by atoms with Gasteiger partial charge in [0.25, 0.3) is 0 Å². The second-order valence-corrected chi connectivity index (χ2v) is 7.35. The molecule has 0 aliphatic carbocycles. The second kappa shape index (κ2) is 8.11. The maximum atomic E-state index is 13.9. The van der Waals surface area contributed by atoms with Gasteiger partial charge in [-0.15, -0.1) is 0 Å². The van der Waals surface area contributed by atoms with Crippen molar-refractivity contribution in [2.75, 3.05) is 33.4 Å². The number of amides is 2. The number of halogens is 1. The number of carbonyl (C=O) groups is 2. The molecule has 0 spiro atoms. The zero-order valence-electron chi connectivity index (χ0n) is 16.3. The monoisotopic (exact) mass is 398 g/mol. The van der Waals surface area contributed by atoms with Crippen molar-refractivity contribution in [3.8, 4) is 11.5 Å². The van der Waals surface area contributed by atoms with Crippen LogP contribution in [0.25, 0.3) is 0 Å². The zero-order valence-corrected chi connectivity index (χ0v) is 16.3. The molecule has 0 saturated carbocycles. The molecule has 2 aromatic carbocycles. The number of hydrogen-bond donors (Lipinski definition) is 0. The van der Waals surface area contributed by atoms with Crippen LogP contribution >= 0.6 is 0 Å². The number of ether oxygens (including phenoxy) is 2. The van der Waals surface area contributed by atoms with Crippen LogP contribution < -0.4 is 9.47 Å². The van der Waals surface area contributed by atoms with Gasteiger partial charge >= 0.3 is 0 Å². The quantitative estimate of drug-likeness (QED) is 0.793. The zero-order chi connectivity index (χ0) is 20.4. The van der Waals surface area contributed by atoms with Crippen molar-refractivity contribution in [1.29, 1.82) is 0 Å². The minimum absolute atomic E-state index is 0.00868. The average molecular weight is 398 g/mol. The van der Waals surface area contributed by atoms with Gasteiger partial charge in [0.05, 0.1) is 19.6 Å². The van der Waals surface area contributed by atoms with E-state index in [1.54, 1.807) is 35.1 Å². The molecule has 0 unspecified atom stereocenters. The van der Waals surface area contributed by atoms with Crippen molar-refractivity contribution in [2.45, 2.75) is 13.0 Å². The number of carbonyl (C=O) groups excluding carboxylic acids is 2. The Morgan fingerprint density at radius 2 is 2.07 bits per heavy atom. The first kappa shape index (κ1) is 19.2. The molecule has 2 aromatic rings. The van der Waals surface area contributed by atoms with Gasteiger partial charge in [0.1, 0.15) is 23.9 Å². The first-order chi connectivity index (χ1) is 14.0. The van der Waals surface area contributed by atoms with E-state index in [4.69, 9.17) is 9.47 Å². The standard InChI is InChI=1S/C22H23FN2O4/c1-28-18-6-7-20-16(11-18)10-17(14-29-20)22(27)25-9-8-24(21(26)13-25)12-15-4-2-3-5-19(15)23/h2-7,11,17H,8-10,12-14H2,1H3/t17-/m0/s1. The molecule has 4 rings (SSSR count). The molecule has 0 bridgehead atoms. The Labute approximate surface area is 168 Å². The maximum absolute atomic E-state index is 13.9. The Morgan fingerprint density at radius 3 is 2.83 bits per heavy atom. The maximum Gasteiger partial charge on any atom is 0.242 e.